The van der Waals surface area contributed by atoms with E-state index in [1.807, 2.05) is 6.92 Å². The monoisotopic (exact) mass is 267 g/mol. The number of oxime groups is 1. The van der Waals surface area contributed by atoms with E-state index in [0.717, 1.165) is 0 Å². The highest BCUT2D eigenvalue weighted by molar-refractivity contribution is 5.95. The summed E-state index contributed by atoms with van der Waals surface area (Å²) in [5.41, 5.74) is 6.21. The van der Waals surface area contributed by atoms with Gasteiger partial charge >= 0.3 is 0 Å². The molecule has 0 aliphatic heterocycles. The van der Waals surface area contributed by atoms with E-state index in [1.54, 1.807) is 6.92 Å². The smallest absolute Gasteiger partial charge is 0.251 e. The maximum Gasteiger partial charge on any atom is 0.251 e. The maximum absolute atomic E-state index is 13.1. The highest BCUT2D eigenvalue weighted by Crippen LogP contribution is 2.10. The fourth-order valence-corrected chi connectivity index (χ4v) is 1.65. The minimum Gasteiger partial charge on any atom is -0.409 e. The molecule has 0 saturated heterocycles. The highest BCUT2D eigenvalue weighted by atomic mass is 19.1. The lowest BCUT2D eigenvalue weighted by atomic mass is 10.1. The number of hydrogen-bond donors (Lipinski definition) is 3. The van der Waals surface area contributed by atoms with Gasteiger partial charge < -0.3 is 16.3 Å². The van der Waals surface area contributed by atoms with Gasteiger partial charge in [0.2, 0.25) is 0 Å². The predicted molar refractivity (Wildman–Crippen MR) is 70.7 cm³/mol. The zero-order chi connectivity index (χ0) is 14.4. The van der Waals surface area contributed by atoms with Gasteiger partial charge in [-0.25, -0.2) is 4.39 Å². The fraction of sp³-hybridized carbons (Fsp3) is 0.385. The number of carbonyl (C=O) groups is 1. The Hall–Kier alpha value is -2.11. The molecule has 0 radical (unpaired) electrons. The van der Waals surface area contributed by atoms with Gasteiger partial charge in [-0.15, -0.1) is 0 Å². The average Bonchev–Trinajstić information content (AvgIpc) is 2.40. The van der Waals surface area contributed by atoms with Crippen molar-refractivity contribution in [3.8, 4) is 0 Å². The van der Waals surface area contributed by atoms with E-state index in [4.69, 9.17) is 10.9 Å². The molecule has 0 aliphatic rings. The van der Waals surface area contributed by atoms with Crippen LogP contribution in [0.25, 0.3) is 0 Å². The van der Waals surface area contributed by atoms with Crippen LogP contribution < -0.4 is 11.1 Å². The highest BCUT2D eigenvalue weighted by Gasteiger charge is 2.14. The summed E-state index contributed by atoms with van der Waals surface area (Å²) in [6.07, 6.45) is 0.904. The van der Waals surface area contributed by atoms with Gasteiger partial charge in [0.25, 0.3) is 5.91 Å². The molecule has 19 heavy (non-hydrogen) atoms. The molecule has 1 rings (SSSR count). The minimum atomic E-state index is -0.347. The Bertz CT molecular complexity index is 489. The van der Waals surface area contributed by atoms with Gasteiger partial charge in [-0.05, 0) is 37.1 Å². The van der Waals surface area contributed by atoms with Crippen molar-refractivity contribution in [1.82, 2.24) is 5.32 Å². The van der Waals surface area contributed by atoms with Gasteiger partial charge in [0.05, 0.1) is 0 Å². The molecular weight excluding hydrogens is 249 g/mol. The molecule has 1 atom stereocenters. The van der Waals surface area contributed by atoms with Crippen LogP contribution in [0.5, 0.6) is 0 Å². The fourth-order valence-electron chi connectivity index (χ4n) is 1.65. The van der Waals surface area contributed by atoms with Crippen molar-refractivity contribution in [2.24, 2.45) is 10.9 Å². The third-order valence-corrected chi connectivity index (χ3v) is 2.83. The lowest BCUT2D eigenvalue weighted by Crippen LogP contribution is -2.37. The third-order valence-electron chi connectivity index (χ3n) is 2.83. The van der Waals surface area contributed by atoms with Gasteiger partial charge in [0.1, 0.15) is 11.7 Å². The zero-order valence-electron chi connectivity index (χ0n) is 11.0. The summed E-state index contributed by atoms with van der Waals surface area (Å²) in [6, 6.07) is 3.94. The van der Waals surface area contributed by atoms with Gasteiger partial charge in [-0.2, -0.15) is 0 Å². The second kappa shape index (κ2) is 6.72. The molecule has 1 aromatic carbocycles. The number of hydrogen-bond acceptors (Lipinski definition) is 3. The number of aryl methyl sites for hydroxylation is 1. The van der Waals surface area contributed by atoms with Gasteiger partial charge in [-0.3, -0.25) is 4.79 Å². The Kier molecular flexibility index (Phi) is 5.29. The molecule has 0 heterocycles. The molecule has 104 valence electrons. The number of nitrogens with two attached hydrogens (primary N) is 1. The van der Waals surface area contributed by atoms with E-state index in [9.17, 15) is 9.18 Å². The van der Waals surface area contributed by atoms with E-state index in [0.29, 0.717) is 17.5 Å². The van der Waals surface area contributed by atoms with Crippen LogP contribution in [0.3, 0.4) is 0 Å². The molecule has 0 aromatic heterocycles. The molecule has 0 aliphatic carbocycles. The molecule has 5 nitrogen and oxygen atoms in total. The number of benzene rings is 1. The number of carbonyl (C=O) groups excluding carboxylic acids is 1. The Balaban J connectivity index is 2.74. The van der Waals surface area contributed by atoms with Crippen LogP contribution in [-0.2, 0) is 0 Å². The first-order valence-corrected chi connectivity index (χ1v) is 6.01. The van der Waals surface area contributed by atoms with E-state index in [2.05, 4.69) is 10.5 Å². The summed E-state index contributed by atoms with van der Waals surface area (Å²) in [4.78, 5) is 12.0. The van der Waals surface area contributed by atoms with Crippen LogP contribution in [0.4, 0.5) is 4.39 Å². The first-order chi connectivity index (χ1) is 8.97. The largest absolute Gasteiger partial charge is 0.409 e. The summed E-state index contributed by atoms with van der Waals surface area (Å²) in [6.45, 7) is 3.48. The Labute approximate surface area is 111 Å². The van der Waals surface area contributed by atoms with Crippen LogP contribution >= 0.6 is 0 Å². The molecule has 1 unspecified atom stereocenters. The topological polar surface area (TPSA) is 87.7 Å². The molecule has 1 aromatic rings. The number of rotatable bonds is 5. The van der Waals surface area contributed by atoms with Gasteiger partial charge in [0.15, 0.2) is 0 Å². The van der Waals surface area contributed by atoms with Crippen LogP contribution in [0, 0.1) is 12.7 Å². The first-order valence-electron chi connectivity index (χ1n) is 6.01. The number of nitrogens with one attached hydrogen (secondary N) is 1. The standard InChI is InChI=1S/C13H18FN3O2/c1-3-10(7-12(15)17-19)16-13(18)9-4-5-11(14)8(2)6-9/h4-6,10,19H,3,7H2,1-2H3,(H2,15,17)(H,16,18). The number of amides is 1. The van der Waals surface area contributed by atoms with Crippen LogP contribution in [0.15, 0.2) is 23.4 Å². The summed E-state index contributed by atoms with van der Waals surface area (Å²) in [5.74, 6) is -0.594. The molecule has 6 heteroatoms. The van der Waals surface area contributed by atoms with Gasteiger partial charge in [0, 0.05) is 18.0 Å². The normalized spacial score (nSPS) is 13.1. The Morgan fingerprint density at radius 1 is 1.58 bits per heavy atom. The summed E-state index contributed by atoms with van der Waals surface area (Å²) >= 11 is 0. The quantitative estimate of drug-likeness (QED) is 0.329. The Morgan fingerprint density at radius 2 is 2.26 bits per heavy atom. The number of amidine groups is 1. The summed E-state index contributed by atoms with van der Waals surface area (Å²) in [7, 11) is 0. The van der Waals surface area contributed by atoms with Crippen molar-refractivity contribution < 1.29 is 14.4 Å². The molecule has 0 bridgehead atoms. The second-order valence-electron chi connectivity index (χ2n) is 4.34. The third kappa shape index (κ3) is 4.24. The van der Waals surface area contributed by atoms with E-state index in [-0.39, 0.29) is 30.0 Å². The maximum atomic E-state index is 13.1. The van der Waals surface area contributed by atoms with Crippen molar-refractivity contribution in [3.05, 3.63) is 35.1 Å². The minimum absolute atomic E-state index is 0.0578. The van der Waals surface area contributed by atoms with E-state index < -0.39 is 0 Å². The van der Waals surface area contributed by atoms with E-state index >= 15 is 0 Å². The average molecular weight is 267 g/mol. The van der Waals surface area contributed by atoms with Crippen molar-refractivity contribution in [1.29, 1.82) is 0 Å². The molecule has 1 amide bonds. The van der Waals surface area contributed by atoms with Crippen LogP contribution in [0.2, 0.25) is 0 Å². The van der Waals surface area contributed by atoms with Crippen molar-refractivity contribution >= 4 is 11.7 Å². The summed E-state index contributed by atoms with van der Waals surface area (Å²) in [5, 5.41) is 14.1. The second-order valence-corrected chi connectivity index (χ2v) is 4.34. The molecular formula is C13H18FN3O2. The molecule has 0 spiro atoms. The van der Waals surface area contributed by atoms with Crippen LogP contribution in [-0.4, -0.2) is 23.0 Å². The summed E-state index contributed by atoms with van der Waals surface area (Å²) < 4.78 is 13.1. The molecule has 0 fully saturated rings. The lowest BCUT2D eigenvalue weighted by Gasteiger charge is -2.16. The SMILES string of the molecule is CCC(CC(N)=NO)NC(=O)c1ccc(F)c(C)c1. The Morgan fingerprint density at radius 3 is 2.79 bits per heavy atom. The number of halogens is 1. The van der Waals surface area contributed by atoms with Crippen LogP contribution in [0.1, 0.15) is 35.7 Å². The number of nitrogens with zero attached hydrogens (tertiary/aromatic N) is 1. The molecule has 0 saturated carbocycles. The van der Waals surface area contributed by atoms with Crippen molar-refractivity contribution in [2.45, 2.75) is 32.7 Å². The van der Waals surface area contributed by atoms with Gasteiger partial charge in [-0.1, -0.05) is 12.1 Å². The zero-order valence-corrected chi connectivity index (χ0v) is 11.0. The molecule has 4 N–H and O–H groups in total. The van der Waals surface area contributed by atoms with Crippen molar-refractivity contribution in [2.75, 3.05) is 0 Å². The lowest BCUT2D eigenvalue weighted by molar-refractivity contribution is 0.0936. The van der Waals surface area contributed by atoms with Crippen molar-refractivity contribution in [3.63, 3.8) is 0 Å². The predicted octanol–water partition coefficient (Wildman–Crippen LogP) is 1.78. The van der Waals surface area contributed by atoms with E-state index in [1.165, 1.54) is 18.2 Å². The first kappa shape index (κ1) is 14.9.